The van der Waals surface area contributed by atoms with Crippen LogP contribution in [0.5, 0.6) is 0 Å². The second kappa shape index (κ2) is 6.39. The maximum Gasteiger partial charge on any atom is 0.293 e. The standard InChI is InChI=1S/C10H11ClN2O5S/c11-8-5-7(1-2-9(8)12)19(16,17)13-10(15)3-4-18-6-14/h1-2,5-6H,3-4,12H2,(H,13,15). The lowest BCUT2D eigenvalue weighted by atomic mass is 10.3. The van der Waals surface area contributed by atoms with Gasteiger partial charge in [0, 0.05) is 0 Å². The molecule has 1 aromatic carbocycles. The summed E-state index contributed by atoms with van der Waals surface area (Å²) >= 11 is 5.70. The number of carbonyl (C=O) groups excluding carboxylic acids is 2. The van der Waals surface area contributed by atoms with Crippen molar-refractivity contribution in [2.24, 2.45) is 0 Å². The van der Waals surface area contributed by atoms with E-state index in [9.17, 15) is 18.0 Å². The molecule has 0 saturated heterocycles. The van der Waals surface area contributed by atoms with E-state index in [1.807, 2.05) is 4.72 Å². The van der Waals surface area contributed by atoms with Crippen LogP contribution in [0.25, 0.3) is 0 Å². The van der Waals surface area contributed by atoms with E-state index in [-0.39, 0.29) is 35.1 Å². The average Bonchev–Trinajstić information content (AvgIpc) is 2.32. The normalized spacial score (nSPS) is 10.8. The number of nitrogen functional groups attached to an aromatic ring is 1. The van der Waals surface area contributed by atoms with Crippen molar-refractivity contribution < 1.29 is 22.7 Å². The number of nitrogens with one attached hydrogen (secondary N) is 1. The number of sulfonamides is 1. The molecule has 19 heavy (non-hydrogen) atoms. The highest BCUT2D eigenvalue weighted by Crippen LogP contribution is 2.22. The van der Waals surface area contributed by atoms with Gasteiger partial charge in [-0.15, -0.1) is 0 Å². The number of hydrogen-bond acceptors (Lipinski definition) is 6. The Balaban J connectivity index is 2.77. The van der Waals surface area contributed by atoms with Gasteiger partial charge >= 0.3 is 0 Å². The number of anilines is 1. The van der Waals surface area contributed by atoms with Crippen molar-refractivity contribution in [1.29, 1.82) is 0 Å². The van der Waals surface area contributed by atoms with E-state index in [4.69, 9.17) is 17.3 Å². The molecule has 0 aliphatic heterocycles. The zero-order chi connectivity index (χ0) is 14.5. The summed E-state index contributed by atoms with van der Waals surface area (Å²) in [5.74, 6) is -0.796. The van der Waals surface area contributed by atoms with Crippen LogP contribution >= 0.6 is 11.6 Å². The lowest BCUT2D eigenvalue weighted by Crippen LogP contribution is -2.31. The third-order valence-corrected chi connectivity index (χ3v) is 3.74. The molecule has 0 bridgehead atoms. The number of amides is 1. The Kier molecular flexibility index (Phi) is 5.13. The zero-order valence-corrected chi connectivity index (χ0v) is 11.2. The second-order valence-corrected chi connectivity index (χ2v) is 5.52. The lowest BCUT2D eigenvalue weighted by Gasteiger charge is -2.07. The van der Waals surface area contributed by atoms with Gasteiger partial charge in [-0.1, -0.05) is 11.6 Å². The van der Waals surface area contributed by atoms with Gasteiger partial charge in [-0.3, -0.25) is 9.59 Å². The number of nitrogens with two attached hydrogens (primary N) is 1. The Labute approximate surface area is 114 Å². The predicted molar refractivity (Wildman–Crippen MR) is 67.8 cm³/mol. The minimum atomic E-state index is -4.02. The van der Waals surface area contributed by atoms with E-state index < -0.39 is 15.9 Å². The number of halogens is 1. The first-order chi connectivity index (χ1) is 8.86. The summed E-state index contributed by atoms with van der Waals surface area (Å²) in [5.41, 5.74) is 5.68. The van der Waals surface area contributed by atoms with Gasteiger partial charge in [-0.25, -0.2) is 13.1 Å². The van der Waals surface area contributed by atoms with Gasteiger partial charge in [0.15, 0.2) is 0 Å². The van der Waals surface area contributed by atoms with Crippen molar-refractivity contribution in [3.63, 3.8) is 0 Å². The SMILES string of the molecule is Nc1ccc(S(=O)(=O)NC(=O)CCOC=O)cc1Cl. The molecule has 0 spiro atoms. The minimum Gasteiger partial charge on any atom is -0.467 e. The Bertz CT molecular complexity index is 588. The highest BCUT2D eigenvalue weighted by atomic mass is 35.5. The van der Waals surface area contributed by atoms with Crippen LogP contribution in [0.2, 0.25) is 5.02 Å². The minimum absolute atomic E-state index is 0.0691. The summed E-state index contributed by atoms with van der Waals surface area (Å²) < 4.78 is 29.7. The molecule has 0 aliphatic rings. The second-order valence-electron chi connectivity index (χ2n) is 3.43. The number of benzene rings is 1. The van der Waals surface area contributed by atoms with Crippen LogP contribution in [0.4, 0.5) is 5.69 Å². The van der Waals surface area contributed by atoms with Crippen LogP contribution in [-0.4, -0.2) is 27.4 Å². The van der Waals surface area contributed by atoms with E-state index in [0.717, 1.165) is 6.07 Å². The fraction of sp³-hybridized carbons (Fsp3) is 0.200. The maximum absolute atomic E-state index is 11.8. The average molecular weight is 307 g/mol. The molecule has 0 unspecified atom stereocenters. The lowest BCUT2D eigenvalue weighted by molar-refractivity contribution is -0.130. The summed E-state index contributed by atoms with van der Waals surface area (Å²) in [7, 11) is -4.02. The van der Waals surface area contributed by atoms with Gasteiger partial charge < -0.3 is 10.5 Å². The van der Waals surface area contributed by atoms with Crippen LogP contribution in [0.1, 0.15) is 6.42 Å². The number of hydrogen-bond donors (Lipinski definition) is 2. The molecule has 0 radical (unpaired) electrons. The third kappa shape index (κ3) is 4.42. The Morgan fingerprint density at radius 3 is 2.74 bits per heavy atom. The Morgan fingerprint density at radius 2 is 2.16 bits per heavy atom. The number of rotatable bonds is 6. The molecule has 1 rings (SSSR count). The van der Waals surface area contributed by atoms with Gasteiger partial charge in [-0.05, 0) is 18.2 Å². The monoisotopic (exact) mass is 306 g/mol. The first kappa shape index (κ1) is 15.3. The molecule has 0 aliphatic carbocycles. The first-order valence-electron chi connectivity index (χ1n) is 5.03. The molecular formula is C10H11ClN2O5S. The summed E-state index contributed by atoms with van der Waals surface area (Å²) in [5, 5.41) is 0.0691. The molecule has 0 heterocycles. The van der Waals surface area contributed by atoms with Gasteiger partial charge in [0.05, 0.1) is 28.6 Å². The summed E-state index contributed by atoms with van der Waals surface area (Å²) in [6.07, 6.45) is -0.263. The molecule has 7 nitrogen and oxygen atoms in total. The molecular weight excluding hydrogens is 296 g/mol. The van der Waals surface area contributed by atoms with Crippen LogP contribution in [0.15, 0.2) is 23.1 Å². The third-order valence-electron chi connectivity index (χ3n) is 2.05. The fourth-order valence-corrected chi connectivity index (χ4v) is 2.42. The Hall–Kier alpha value is -1.80. The van der Waals surface area contributed by atoms with Crippen LogP contribution in [0, 0.1) is 0 Å². The molecule has 0 atom stereocenters. The predicted octanol–water partition coefficient (Wildman–Crippen LogP) is 0.290. The number of ether oxygens (including phenoxy) is 1. The summed E-state index contributed by atoms with van der Waals surface area (Å²) in [6.45, 7) is -0.0329. The quantitative estimate of drug-likeness (QED) is 0.443. The molecule has 0 aromatic heterocycles. The van der Waals surface area contributed by atoms with E-state index in [0.29, 0.717) is 0 Å². The summed E-state index contributed by atoms with van der Waals surface area (Å²) in [4.78, 5) is 21.0. The zero-order valence-electron chi connectivity index (χ0n) is 9.63. The van der Waals surface area contributed by atoms with Crippen molar-refractivity contribution in [1.82, 2.24) is 4.72 Å². The molecule has 3 N–H and O–H groups in total. The highest BCUT2D eigenvalue weighted by Gasteiger charge is 2.18. The van der Waals surface area contributed by atoms with Crippen molar-refractivity contribution >= 4 is 39.7 Å². The van der Waals surface area contributed by atoms with Crippen LogP contribution in [-0.2, 0) is 24.3 Å². The van der Waals surface area contributed by atoms with Gasteiger partial charge in [0.25, 0.3) is 16.5 Å². The van der Waals surface area contributed by atoms with E-state index in [2.05, 4.69) is 4.74 Å². The van der Waals surface area contributed by atoms with Gasteiger partial charge in [-0.2, -0.15) is 0 Å². The largest absolute Gasteiger partial charge is 0.467 e. The van der Waals surface area contributed by atoms with Crippen LogP contribution < -0.4 is 10.5 Å². The van der Waals surface area contributed by atoms with Crippen LogP contribution in [0.3, 0.4) is 0 Å². The topological polar surface area (TPSA) is 116 Å². The first-order valence-corrected chi connectivity index (χ1v) is 6.89. The molecule has 1 aromatic rings. The van der Waals surface area contributed by atoms with Gasteiger partial charge in [0.1, 0.15) is 0 Å². The molecule has 0 saturated carbocycles. The molecule has 104 valence electrons. The number of carbonyl (C=O) groups is 2. The molecule has 9 heteroatoms. The smallest absolute Gasteiger partial charge is 0.293 e. The Morgan fingerprint density at radius 1 is 1.47 bits per heavy atom. The fourth-order valence-electron chi connectivity index (χ4n) is 1.13. The van der Waals surface area contributed by atoms with Crippen molar-refractivity contribution in [3.8, 4) is 0 Å². The summed E-state index contributed by atoms with van der Waals surface area (Å²) in [6, 6.07) is 3.67. The van der Waals surface area contributed by atoms with Gasteiger partial charge in [0.2, 0.25) is 5.91 Å². The molecule has 0 fully saturated rings. The van der Waals surface area contributed by atoms with Crippen molar-refractivity contribution in [2.75, 3.05) is 12.3 Å². The van der Waals surface area contributed by atoms with E-state index in [1.165, 1.54) is 12.1 Å². The maximum atomic E-state index is 11.8. The van der Waals surface area contributed by atoms with E-state index >= 15 is 0 Å². The molecule has 1 amide bonds. The highest BCUT2D eigenvalue weighted by molar-refractivity contribution is 7.90. The van der Waals surface area contributed by atoms with E-state index in [1.54, 1.807) is 0 Å². The van der Waals surface area contributed by atoms with Crippen molar-refractivity contribution in [2.45, 2.75) is 11.3 Å². The van der Waals surface area contributed by atoms with Crippen molar-refractivity contribution in [3.05, 3.63) is 23.2 Å².